The average Bonchev–Trinajstić information content (AvgIpc) is 1.63. The van der Waals surface area contributed by atoms with Crippen molar-refractivity contribution in [1.29, 1.82) is 0 Å². The van der Waals surface area contributed by atoms with Crippen LogP contribution >= 0.6 is 0 Å². The number of hydrogen-bond acceptors (Lipinski definition) is 2. The highest BCUT2D eigenvalue weighted by molar-refractivity contribution is 4.57. The number of nitrogens with one attached hydrogen (secondary N) is 1. The normalized spacial score (nSPS) is 12.0. The predicted octanol–water partition coefficient (Wildman–Crippen LogP) is 1.37. The van der Waals surface area contributed by atoms with Gasteiger partial charge < -0.3 is 4.74 Å². The highest BCUT2D eigenvalue weighted by Gasteiger charge is 2.07. The molecule has 0 atom stereocenters. The third-order valence-corrected chi connectivity index (χ3v) is 0.857. The maximum Gasteiger partial charge on any atom is 0.0972 e. The van der Waals surface area contributed by atoms with Gasteiger partial charge in [-0.1, -0.05) is 6.92 Å². The number of rotatable bonds is 3. The zero-order chi connectivity index (χ0) is 7.33. The Labute approximate surface area is 57.6 Å². The van der Waals surface area contributed by atoms with Crippen LogP contribution in [0.25, 0.3) is 0 Å². The molecule has 9 heavy (non-hydrogen) atoms. The first kappa shape index (κ1) is 8.92. The van der Waals surface area contributed by atoms with Gasteiger partial charge in [0.15, 0.2) is 0 Å². The molecule has 0 fully saturated rings. The Morgan fingerprint density at radius 1 is 1.33 bits per heavy atom. The molecule has 56 valence electrons. The zero-order valence-corrected chi connectivity index (χ0v) is 6.82. The number of hydrogen-bond donors (Lipinski definition) is 1. The standard InChI is InChI=1S/C7H17NO/c1-5-8-6-9-7(2,3)4/h8H,5-6H2,1-4H3. The van der Waals surface area contributed by atoms with E-state index in [1.54, 1.807) is 0 Å². The minimum absolute atomic E-state index is 0.0117. The van der Waals surface area contributed by atoms with Crippen molar-refractivity contribution in [2.75, 3.05) is 13.3 Å². The van der Waals surface area contributed by atoms with Gasteiger partial charge in [0.25, 0.3) is 0 Å². The quantitative estimate of drug-likeness (QED) is 0.461. The van der Waals surface area contributed by atoms with Gasteiger partial charge in [0.2, 0.25) is 0 Å². The van der Waals surface area contributed by atoms with E-state index in [-0.39, 0.29) is 5.60 Å². The first-order valence-corrected chi connectivity index (χ1v) is 3.41. The van der Waals surface area contributed by atoms with Gasteiger partial charge in [-0.3, -0.25) is 5.32 Å². The van der Waals surface area contributed by atoms with Crippen LogP contribution in [0.15, 0.2) is 0 Å². The summed E-state index contributed by atoms with van der Waals surface area (Å²) in [4.78, 5) is 0. The van der Waals surface area contributed by atoms with Crippen LogP contribution in [0.5, 0.6) is 0 Å². The van der Waals surface area contributed by atoms with Crippen LogP contribution in [0, 0.1) is 0 Å². The third kappa shape index (κ3) is 7.92. The summed E-state index contributed by atoms with van der Waals surface area (Å²) < 4.78 is 5.36. The van der Waals surface area contributed by atoms with E-state index in [0.717, 1.165) is 6.54 Å². The first-order chi connectivity index (χ1) is 4.06. The average molecular weight is 131 g/mol. The lowest BCUT2D eigenvalue weighted by molar-refractivity contribution is -0.0124. The Balaban J connectivity index is 3.07. The van der Waals surface area contributed by atoms with Crippen molar-refractivity contribution in [3.63, 3.8) is 0 Å². The molecule has 0 radical (unpaired) electrons. The van der Waals surface area contributed by atoms with Crippen LogP contribution in [0.3, 0.4) is 0 Å². The summed E-state index contributed by atoms with van der Waals surface area (Å²) >= 11 is 0. The van der Waals surface area contributed by atoms with E-state index in [9.17, 15) is 0 Å². The summed E-state index contributed by atoms with van der Waals surface area (Å²) in [5.74, 6) is 0. The lowest BCUT2D eigenvalue weighted by Crippen LogP contribution is -2.27. The summed E-state index contributed by atoms with van der Waals surface area (Å²) in [5.41, 5.74) is -0.0117. The first-order valence-electron chi connectivity index (χ1n) is 3.41. The SMILES string of the molecule is CCNCOC(C)(C)C. The summed E-state index contributed by atoms with van der Waals surface area (Å²) in [7, 11) is 0. The molecular weight excluding hydrogens is 114 g/mol. The van der Waals surface area contributed by atoms with Gasteiger partial charge >= 0.3 is 0 Å². The second-order valence-corrected chi connectivity index (χ2v) is 3.00. The van der Waals surface area contributed by atoms with Crippen molar-refractivity contribution in [2.45, 2.75) is 33.3 Å². The Kier molecular flexibility index (Phi) is 3.82. The van der Waals surface area contributed by atoms with E-state index in [4.69, 9.17) is 4.74 Å². The minimum Gasteiger partial charge on any atom is -0.361 e. The Hall–Kier alpha value is -0.0800. The van der Waals surface area contributed by atoms with Gasteiger partial charge in [-0.15, -0.1) is 0 Å². The van der Waals surface area contributed by atoms with Crippen molar-refractivity contribution in [2.24, 2.45) is 0 Å². The molecule has 0 saturated heterocycles. The fraction of sp³-hybridized carbons (Fsp3) is 1.00. The molecule has 1 N–H and O–H groups in total. The molecular formula is C7H17NO. The Morgan fingerprint density at radius 2 is 1.89 bits per heavy atom. The van der Waals surface area contributed by atoms with Crippen LogP contribution in [-0.4, -0.2) is 18.9 Å². The molecule has 0 aliphatic heterocycles. The van der Waals surface area contributed by atoms with Crippen LogP contribution in [0.2, 0.25) is 0 Å². The van der Waals surface area contributed by atoms with Gasteiger partial charge in [0.05, 0.1) is 12.3 Å². The second-order valence-electron chi connectivity index (χ2n) is 3.00. The summed E-state index contributed by atoms with van der Waals surface area (Å²) in [6.07, 6.45) is 0. The summed E-state index contributed by atoms with van der Waals surface area (Å²) in [6.45, 7) is 9.82. The van der Waals surface area contributed by atoms with E-state index in [1.807, 2.05) is 20.8 Å². The number of ether oxygens (including phenoxy) is 1. The van der Waals surface area contributed by atoms with Crippen molar-refractivity contribution in [1.82, 2.24) is 5.32 Å². The predicted molar refractivity (Wildman–Crippen MR) is 39.4 cm³/mol. The summed E-state index contributed by atoms with van der Waals surface area (Å²) in [5, 5.41) is 3.08. The van der Waals surface area contributed by atoms with E-state index in [2.05, 4.69) is 12.2 Å². The highest BCUT2D eigenvalue weighted by Crippen LogP contribution is 2.04. The largest absolute Gasteiger partial charge is 0.361 e. The van der Waals surface area contributed by atoms with E-state index < -0.39 is 0 Å². The van der Waals surface area contributed by atoms with Gasteiger partial charge in [-0.05, 0) is 27.3 Å². The molecule has 0 aliphatic carbocycles. The molecule has 0 rings (SSSR count). The molecule has 0 spiro atoms. The van der Waals surface area contributed by atoms with E-state index >= 15 is 0 Å². The molecule has 2 heteroatoms. The molecule has 0 unspecified atom stereocenters. The minimum atomic E-state index is -0.0117. The highest BCUT2D eigenvalue weighted by atomic mass is 16.5. The van der Waals surface area contributed by atoms with Gasteiger partial charge in [0.1, 0.15) is 0 Å². The maximum atomic E-state index is 5.36. The van der Waals surface area contributed by atoms with E-state index in [0.29, 0.717) is 6.73 Å². The van der Waals surface area contributed by atoms with Crippen molar-refractivity contribution < 1.29 is 4.74 Å². The molecule has 0 aromatic rings. The molecule has 0 heterocycles. The van der Waals surface area contributed by atoms with Gasteiger partial charge in [-0.25, -0.2) is 0 Å². The molecule has 0 amide bonds. The molecule has 0 bridgehead atoms. The van der Waals surface area contributed by atoms with E-state index in [1.165, 1.54) is 0 Å². The molecule has 2 nitrogen and oxygen atoms in total. The lowest BCUT2D eigenvalue weighted by atomic mass is 10.2. The van der Waals surface area contributed by atoms with Crippen LogP contribution < -0.4 is 5.32 Å². The topological polar surface area (TPSA) is 21.3 Å². The Bertz CT molecular complexity index is 65.8. The molecule has 0 saturated carbocycles. The van der Waals surface area contributed by atoms with Crippen LogP contribution in [0.4, 0.5) is 0 Å². The zero-order valence-electron chi connectivity index (χ0n) is 6.82. The van der Waals surface area contributed by atoms with Gasteiger partial charge in [0, 0.05) is 0 Å². The van der Waals surface area contributed by atoms with Gasteiger partial charge in [-0.2, -0.15) is 0 Å². The van der Waals surface area contributed by atoms with Crippen molar-refractivity contribution >= 4 is 0 Å². The van der Waals surface area contributed by atoms with Crippen LogP contribution in [-0.2, 0) is 4.74 Å². The van der Waals surface area contributed by atoms with Crippen molar-refractivity contribution in [3.05, 3.63) is 0 Å². The fourth-order valence-corrected chi connectivity index (χ4v) is 0.370. The monoisotopic (exact) mass is 131 g/mol. The van der Waals surface area contributed by atoms with Crippen LogP contribution in [0.1, 0.15) is 27.7 Å². The second kappa shape index (κ2) is 3.85. The Morgan fingerprint density at radius 3 is 2.22 bits per heavy atom. The third-order valence-electron chi connectivity index (χ3n) is 0.857. The molecule has 0 aromatic carbocycles. The smallest absolute Gasteiger partial charge is 0.0972 e. The fourth-order valence-electron chi connectivity index (χ4n) is 0.370. The van der Waals surface area contributed by atoms with Crippen molar-refractivity contribution in [3.8, 4) is 0 Å². The summed E-state index contributed by atoms with van der Waals surface area (Å²) in [6, 6.07) is 0. The molecule has 0 aromatic heterocycles. The lowest BCUT2D eigenvalue weighted by Gasteiger charge is -2.19. The molecule has 0 aliphatic rings. The maximum absolute atomic E-state index is 5.36.